The first-order valence-electron chi connectivity index (χ1n) is 9.02. The van der Waals surface area contributed by atoms with Crippen molar-refractivity contribution >= 4 is 0 Å². The minimum atomic E-state index is -0.194. The average Bonchev–Trinajstić information content (AvgIpc) is 2.51. The molecule has 1 aromatic carbocycles. The van der Waals surface area contributed by atoms with Crippen molar-refractivity contribution in [3.63, 3.8) is 0 Å². The summed E-state index contributed by atoms with van der Waals surface area (Å²) in [6.07, 6.45) is 6.12. The number of phenolic OH excluding ortho intramolecular Hbond substituents is 2. The van der Waals surface area contributed by atoms with Crippen LogP contribution in [0, 0.1) is 5.92 Å². The van der Waals surface area contributed by atoms with Crippen molar-refractivity contribution in [2.75, 3.05) is 0 Å². The van der Waals surface area contributed by atoms with Crippen molar-refractivity contribution in [2.24, 2.45) is 11.7 Å². The van der Waals surface area contributed by atoms with Gasteiger partial charge in [0.25, 0.3) is 0 Å². The predicted molar refractivity (Wildman–Crippen MR) is 100 cm³/mol. The van der Waals surface area contributed by atoms with Crippen LogP contribution in [0.4, 0.5) is 0 Å². The maximum atomic E-state index is 10.6. The molecule has 2 atom stereocenters. The summed E-state index contributed by atoms with van der Waals surface area (Å²) < 4.78 is 0. The molecule has 0 heterocycles. The lowest BCUT2D eigenvalue weighted by Gasteiger charge is -2.34. The van der Waals surface area contributed by atoms with Crippen molar-refractivity contribution < 1.29 is 10.2 Å². The van der Waals surface area contributed by atoms with Gasteiger partial charge in [0.1, 0.15) is 11.5 Å². The number of hydrogen-bond donors (Lipinski definition) is 3. The van der Waals surface area contributed by atoms with E-state index in [4.69, 9.17) is 5.73 Å². The minimum absolute atomic E-state index is 0.149. The summed E-state index contributed by atoms with van der Waals surface area (Å²) in [6.45, 7) is 10.3. The van der Waals surface area contributed by atoms with E-state index < -0.39 is 0 Å². The zero-order valence-corrected chi connectivity index (χ0v) is 15.2. The van der Waals surface area contributed by atoms with Crippen molar-refractivity contribution in [1.29, 1.82) is 0 Å². The maximum Gasteiger partial charge on any atom is 0.123 e. The average molecular weight is 329 g/mol. The molecule has 0 amide bonds. The monoisotopic (exact) mass is 329 g/mol. The van der Waals surface area contributed by atoms with Crippen molar-refractivity contribution in [3.05, 3.63) is 46.7 Å². The molecule has 3 heteroatoms. The molecule has 1 aliphatic carbocycles. The zero-order chi connectivity index (χ0) is 17.9. The SMILES string of the molecule is C=C(C)[C@@H]1CCC(C)=C(N)[C@@H]1c1c(O)cc(CCCCC)cc1O. The van der Waals surface area contributed by atoms with Gasteiger partial charge in [-0.2, -0.15) is 0 Å². The topological polar surface area (TPSA) is 66.5 Å². The fourth-order valence-electron chi connectivity index (χ4n) is 3.77. The second-order valence-corrected chi connectivity index (χ2v) is 7.21. The number of phenols is 2. The van der Waals surface area contributed by atoms with Gasteiger partial charge in [0.2, 0.25) is 0 Å². The fourth-order valence-corrected chi connectivity index (χ4v) is 3.77. The van der Waals surface area contributed by atoms with E-state index >= 15 is 0 Å². The van der Waals surface area contributed by atoms with E-state index in [0.29, 0.717) is 5.56 Å². The van der Waals surface area contributed by atoms with Crippen molar-refractivity contribution in [2.45, 2.75) is 65.2 Å². The number of hydrogen-bond acceptors (Lipinski definition) is 3. The Labute approximate surface area is 145 Å². The molecule has 0 aliphatic heterocycles. The summed E-state index contributed by atoms with van der Waals surface area (Å²) in [5, 5.41) is 21.2. The highest BCUT2D eigenvalue weighted by Gasteiger charge is 2.34. The van der Waals surface area contributed by atoms with E-state index in [1.807, 2.05) is 13.8 Å². The number of aromatic hydroxyl groups is 2. The van der Waals surface area contributed by atoms with E-state index in [-0.39, 0.29) is 23.3 Å². The van der Waals surface area contributed by atoms with Crippen LogP contribution in [-0.2, 0) is 6.42 Å². The highest BCUT2D eigenvalue weighted by atomic mass is 16.3. The highest BCUT2D eigenvalue weighted by molar-refractivity contribution is 5.53. The molecule has 0 fully saturated rings. The third-order valence-corrected chi connectivity index (χ3v) is 5.27. The van der Waals surface area contributed by atoms with Gasteiger partial charge < -0.3 is 15.9 Å². The van der Waals surface area contributed by atoms with Gasteiger partial charge in [-0.3, -0.25) is 0 Å². The Morgan fingerprint density at radius 2 is 1.88 bits per heavy atom. The molecule has 0 radical (unpaired) electrons. The second kappa shape index (κ2) is 7.78. The molecule has 0 aromatic heterocycles. The van der Waals surface area contributed by atoms with Crippen molar-refractivity contribution in [1.82, 2.24) is 0 Å². The molecule has 132 valence electrons. The molecule has 0 spiro atoms. The van der Waals surface area contributed by atoms with Gasteiger partial charge in [-0.1, -0.05) is 37.5 Å². The lowest BCUT2D eigenvalue weighted by atomic mass is 9.71. The molecule has 0 saturated carbocycles. The Morgan fingerprint density at radius 1 is 1.25 bits per heavy atom. The molecular weight excluding hydrogens is 298 g/mol. The molecule has 2 rings (SSSR count). The molecule has 0 unspecified atom stereocenters. The molecule has 1 aromatic rings. The van der Waals surface area contributed by atoms with Gasteiger partial charge in [-0.15, -0.1) is 0 Å². The molecule has 1 aliphatic rings. The third kappa shape index (κ3) is 3.77. The van der Waals surface area contributed by atoms with Gasteiger partial charge in [0.05, 0.1) is 0 Å². The Hall–Kier alpha value is -1.90. The third-order valence-electron chi connectivity index (χ3n) is 5.27. The first-order chi connectivity index (χ1) is 11.4. The summed E-state index contributed by atoms with van der Waals surface area (Å²) in [4.78, 5) is 0. The van der Waals surface area contributed by atoms with Crippen LogP contribution in [0.25, 0.3) is 0 Å². The van der Waals surface area contributed by atoms with E-state index in [1.165, 1.54) is 0 Å². The Bertz CT molecular complexity index is 622. The molecule has 0 bridgehead atoms. The zero-order valence-electron chi connectivity index (χ0n) is 15.2. The lowest BCUT2D eigenvalue weighted by molar-refractivity contribution is 0.396. The van der Waals surface area contributed by atoms with Crippen LogP contribution in [0.3, 0.4) is 0 Å². The van der Waals surface area contributed by atoms with Crippen LogP contribution in [-0.4, -0.2) is 10.2 Å². The lowest BCUT2D eigenvalue weighted by Crippen LogP contribution is -2.26. The summed E-state index contributed by atoms with van der Waals surface area (Å²) in [5.41, 5.74) is 10.9. The molecular formula is C21H31NO2. The predicted octanol–water partition coefficient (Wildman–Crippen LogP) is 5.13. The van der Waals surface area contributed by atoms with Gasteiger partial charge in [-0.05, 0) is 63.1 Å². The van der Waals surface area contributed by atoms with Crippen LogP contribution in [0.1, 0.15) is 69.9 Å². The van der Waals surface area contributed by atoms with Crippen LogP contribution in [0.15, 0.2) is 35.6 Å². The van der Waals surface area contributed by atoms with Gasteiger partial charge in [-0.25, -0.2) is 0 Å². The van der Waals surface area contributed by atoms with E-state index in [0.717, 1.165) is 60.9 Å². The smallest absolute Gasteiger partial charge is 0.123 e. The van der Waals surface area contributed by atoms with Crippen LogP contribution >= 0.6 is 0 Å². The number of unbranched alkanes of at least 4 members (excludes halogenated alkanes) is 2. The minimum Gasteiger partial charge on any atom is -0.507 e. The largest absolute Gasteiger partial charge is 0.507 e. The van der Waals surface area contributed by atoms with E-state index in [9.17, 15) is 10.2 Å². The van der Waals surface area contributed by atoms with Gasteiger partial charge in [0, 0.05) is 17.2 Å². The van der Waals surface area contributed by atoms with E-state index in [2.05, 4.69) is 13.5 Å². The molecule has 3 nitrogen and oxygen atoms in total. The fraction of sp³-hybridized carbons (Fsp3) is 0.524. The quantitative estimate of drug-likeness (QED) is 0.500. The number of benzene rings is 1. The summed E-state index contributed by atoms with van der Waals surface area (Å²) in [6, 6.07) is 3.58. The van der Waals surface area contributed by atoms with Crippen LogP contribution < -0.4 is 5.73 Å². The standard InChI is InChI=1S/C21H31NO2/c1-5-6-7-8-15-11-17(23)20(18(24)12-15)19-16(13(2)3)10-9-14(4)21(19)22/h11-12,16,19,23-24H,2,5-10,22H2,1,3-4H3/t16-,19-/m0/s1. The van der Waals surface area contributed by atoms with Gasteiger partial charge in [0.15, 0.2) is 0 Å². The maximum absolute atomic E-state index is 10.6. The number of rotatable bonds is 6. The highest BCUT2D eigenvalue weighted by Crippen LogP contribution is 2.48. The Balaban J connectivity index is 2.42. The molecule has 0 saturated heterocycles. The molecule has 24 heavy (non-hydrogen) atoms. The normalized spacial score (nSPS) is 21.1. The first-order valence-corrected chi connectivity index (χ1v) is 9.02. The number of aryl methyl sites for hydroxylation is 1. The summed E-state index contributed by atoms with van der Waals surface area (Å²) in [5.74, 6) is 0.253. The second-order valence-electron chi connectivity index (χ2n) is 7.21. The van der Waals surface area contributed by atoms with Crippen LogP contribution in [0.5, 0.6) is 11.5 Å². The van der Waals surface area contributed by atoms with Crippen molar-refractivity contribution in [3.8, 4) is 11.5 Å². The summed E-state index contributed by atoms with van der Waals surface area (Å²) >= 11 is 0. The number of nitrogens with two attached hydrogens (primary N) is 1. The summed E-state index contributed by atoms with van der Waals surface area (Å²) in [7, 11) is 0. The first kappa shape index (κ1) is 18.4. The number of allylic oxidation sites excluding steroid dienone is 3. The van der Waals surface area contributed by atoms with Crippen LogP contribution in [0.2, 0.25) is 0 Å². The molecule has 4 N–H and O–H groups in total. The Morgan fingerprint density at radius 3 is 2.42 bits per heavy atom. The van der Waals surface area contributed by atoms with E-state index in [1.54, 1.807) is 12.1 Å². The Kier molecular flexibility index (Phi) is 5.98. The van der Waals surface area contributed by atoms with Gasteiger partial charge >= 0.3 is 0 Å².